The maximum absolute atomic E-state index is 5.82. The van der Waals surface area contributed by atoms with Gasteiger partial charge >= 0.3 is 0 Å². The monoisotopic (exact) mass is 281 g/mol. The second-order valence-corrected chi connectivity index (χ2v) is 6.14. The van der Waals surface area contributed by atoms with Crippen molar-refractivity contribution in [2.24, 2.45) is 5.92 Å². The van der Waals surface area contributed by atoms with Crippen molar-refractivity contribution in [1.29, 1.82) is 0 Å². The Kier molecular flexibility index (Phi) is 2.80. The first-order valence-corrected chi connectivity index (χ1v) is 7.60. The number of nitrogen functional groups attached to an aromatic ring is 1. The van der Waals surface area contributed by atoms with Crippen molar-refractivity contribution in [3.63, 3.8) is 0 Å². The SMILES string of the molecule is C[C@H]1CC[C@H](n2c3cnccc3c3cnc(N)nc32)CC1. The van der Waals surface area contributed by atoms with Crippen LogP contribution in [0.4, 0.5) is 5.95 Å². The fourth-order valence-corrected chi connectivity index (χ4v) is 3.55. The van der Waals surface area contributed by atoms with Crippen LogP contribution in [0.15, 0.2) is 24.7 Å². The molecule has 108 valence electrons. The lowest BCUT2D eigenvalue weighted by Gasteiger charge is -2.28. The maximum atomic E-state index is 5.82. The number of aromatic nitrogens is 4. The van der Waals surface area contributed by atoms with E-state index >= 15 is 0 Å². The third-order valence-electron chi connectivity index (χ3n) is 4.72. The van der Waals surface area contributed by atoms with E-state index in [4.69, 9.17) is 5.73 Å². The molecule has 0 aromatic carbocycles. The Morgan fingerprint density at radius 3 is 2.76 bits per heavy atom. The molecule has 0 unspecified atom stereocenters. The van der Waals surface area contributed by atoms with Crippen LogP contribution in [0.25, 0.3) is 21.9 Å². The quantitative estimate of drug-likeness (QED) is 0.743. The number of anilines is 1. The highest BCUT2D eigenvalue weighted by Gasteiger charge is 2.24. The van der Waals surface area contributed by atoms with Crippen LogP contribution in [0.5, 0.6) is 0 Å². The van der Waals surface area contributed by atoms with E-state index in [1.807, 2.05) is 24.7 Å². The predicted octanol–water partition coefficient (Wildman–Crippen LogP) is 3.31. The molecule has 3 heterocycles. The molecule has 1 fully saturated rings. The lowest BCUT2D eigenvalue weighted by atomic mass is 9.87. The van der Waals surface area contributed by atoms with Gasteiger partial charge in [0.15, 0.2) is 0 Å². The summed E-state index contributed by atoms with van der Waals surface area (Å²) in [5, 5.41) is 2.24. The smallest absolute Gasteiger partial charge is 0.221 e. The second-order valence-electron chi connectivity index (χ2n) is 6.14. The summed E-state index contributed by atoms with van der Waals surface area (Å²) in [4.78, 5) is 13.0. The molecule has 3 aromatic heterocycles. The van der Waals surface area contributed by atoms with Gasteiger partial charge in [-0.25, -0.2) is 4.98 Å². The zero-order valence-corrected chi connectivity index (χ0v) is 12.2. The van der Waals surface area contributed by atoms with E-state index in [1.54, 1.807) is 0 Å². The number of nitrogens with zero attached hydrogens (tertiary/aromatic N) is 4. The molecule has 4 rings (SSSR count). The first-order valence-electron chi connectivity index (χ1n) is 7.60. The van der Waals surface area contributed by atoms with Gasteiger partial charge in [-0.15, -0.1) is 0 Å². The minimum absolute atomic E-state index is 0.337. The van der Waals surface area contributed by atoms with Crippen molar-refractivity contribution in [2.75, 3.05) is 5.73 Å². The van der Waals surface area contributed by atoms with Crippen molar-refractivity contribution in [3.05, 3.63) is 24.7 Å². The molecule has 1 aliphatic carbocycles. The Balaban J connectivity index is 1.98. The summed E-state index contributed by atoms with van der Waals surface area (Å²) < 4.78 is 2.33. The molecular formula is C16H19N5. The molecule has 0 radical (unpaired) electrons. The number of hydrogen-bond acceptors (Lipinski definition) is 4. The highest BCUT2D eigenvalue weighted by molar-refractivity contribution is 6.06. The number of rotatable bonds is 1. The highest BCUT2D eigenvalue weighted by Crippen LogP contribution is 2.37. The molecule has 0 atom stereocenters. The minimum Gasteiger partial charge on any atom is -0.368 e. The van der Waals surface area contributed by atoms with Gasteiger partial charge in [0.25, 0.3) is 0 Å². The van der Waals surface area contributed by atoms with Crippen LogP contribution in [-0.2, 0) is 0 Å². The van der Waals surface area contributed by atoms with Crippen molar-refractivity contribution >= 4 is 27.9 Å². The Morgan fingerprint density at radius 2 is 1.95 bits per heavy atom. The van der Waals surface area contributed by atoms with Crippen LogP contribution in [0, 0.1) is 5.92 Å². The summed E-state index contributed by atoms with van der Waals surface area (Å²) in [5.74, 6) is 1.16. The number of pyridine rings is 1. The third-order valence-corrected chi connectivity index (χ3v) is 4.72. The van der Waals surface area contributed by atoms with E-state index < -0.39 is 0 Å². The molecule has 0 bridgehead atoms. The van der Waals surface area contributed by atoms with Gasteiger partial charge in [0.05, 0.1) is 11.7 Å². The Bertz CT molecular complexity index is 799. The molecular weight excluding hydrogens is 262 g/mol. The summed E-state index contributed by atoms with van der Waals surface area (Å²) in [5.41, 5.74) is 7.91. The normalized spacial score (nSPS) is 22.9. The number of fused-ring (bicyclic) bond motifs is 3. The van der Waals surface area contributed by atoms with Crippen molar-refractivity contribution in [3.8, 4) is 0 Å². The molecule has 0 amide bonds. The average molecular weight is 281 g/mol. The summed E-state index contributed by atoms with van der Waals surface area (Å²) in [6.45, 7) is 2.34. The Morgan fingerprint density at radius 1 is 1.14 bits per heavy atom. The van der Waals surface area contributed by atoms with Crippen molar-refractivity contribution in [2.45, 2.75) is 38.6 Å². The molecule has 1 saturated carbocycles. The van der Waals surface area contributed by atoms with Crippen molar-refractivity contribution < 1.29 is 0 Å². The van der Waals surface area contributed by atoms with E-state index in [2.05, 4.69) is 26.4 Å². The zero-order chi connectivity index (χ0) is 14.4. The summed E-state index contributed by atoms with van der Waals surface area (Å²) in [7, 11) is 0. The first kappa shape index (κ1) is 12.6. The molecule has 0 saturated heterocycles. The van der Waals surface area contributed by atoms with Crippen LogP contribution in [-0.4, -0.2) is 19.5 Å². The summed E-state index contributed by atoms with van der Waals surface area (Å²) >= 11 is 0. The van der Waals surface area contributed by atoms with Crippen LogP contribution < -0.4 is 5.73 Å². The second kappa shape index (κ2) is 4.69. The van der Waals surface area contributed by atoms with Crippen LogP contribution in [0.1, 0.15) is 38.6 Å². The Labute approximate surface area is 123 Å². The molecule has 1 aliphatic rings. The van der Waals surface area contributed by atoms with E-state index in [0.717, 1.165) is 22.5 Å². The highest BCUT2D eigenvalue weighted by atomic mass is 15.1. The maximum Gasteiger partial charge on any atom is 0.221 e. The van der Waals surface area contributed by atoms with Gasteiger partial charge in [0.2, 0.25) is 5.95 Å². The minimum atomic E-state index is 0.337. The van der Waals surface area contributed by atoms with Gasteiger partial charge in [0, 0.05) is 29.2 Å². The van der Waals surface area contributed by atoms with Crippen molar-refractivity contribution in [1.82, 2.24) is 19.5 Å². The van der Waals surface area contributed by atoms with Crippen LogP contribution in [0.3, 0.4) is 0 Å². The molecule has 5 heteroatoms. The van der Waals surface area contributed by atoms with Gasteiger partial charge in [-0.05, 0) is 37.7 Å². The molecule has 0 spiro atoms. The zero-order valence-electron chi connectivity index (χ0n) is 12.2. The molecule has 0 aliphatic heterocycles. The van der Waals surface area contributed by atoms with Crippen LogP contribution >= 0.6 is 0 Å². The predicted molar refractivity (Wildman–Crippen MR) is 83.9 cm³/mol. The van der Waals surface area contributed by atoms with Gasteiger partial charge in [0.1, 0.15) is 5.65 Å². The van der Waals surface area contributed by atoms with Gasteiger partial charge in [-0.2, -0.15) is 4.98 Å². The number of nitrogens with two attached hydrogens (primary N) is 1. The lowest BCUT2D eigenvalue weighted by Crippen LogP contribution is -2.17. The largest absolute Gasteiger partial charge is 0.368 e. The van der Waals surface area contributed by atoms with E-state index in [9.17, 15) is 0 Å². The molecule has 21 heavy (non-hydrogen) atoms. The fourth-order valence-electron chi connectivity index (χ4n) is 3.55. The van der Waals surface area contributed by atoms with Crippen LogP contribution in [0.2, 0.25) is 0 Å². The van der Waals surface area contributed by atoms with E-state index in [-0.39, 0.29) is 0 Å². The average Bonchev–Trinajstić information content (AvgIpc) is 2.82. The lowest BCUT2D eigenvalue weighted by molar-refractivity contribution is 0.298. The molecule has 2 N–H and O–H groups in total. The van der Waals surface area contributed by atoms with E-state index in [0.29, 0.717) is 12.0 Å². The third kappa shape index (κ3) is 1.95. The van der Waals surface area contributed by atoms with Gasteiger partial charge in [-0.3, -0.25) is 4.98 Å². The van der Waals surface area contributed by atoms with E-state index in [1.165, 1.54) is 31.1 Å². The fraction of sp³-hybridized carbons (Fsp3) is 0.438. The number of hydrogen-bond donors (Lipinski definition) is 1. The first-order chi connectivity index (χ1) is 10.2. The standard InChI is InChI=1S/C16H19N5/c1-10-2-4-11(5-3-10)21-14-9-18-7-6-12(14)13-8-19-16(17)20-15(13)21/h6-11H,2-5H2,1H3,(H2,17,19,20)/t10-,11-. The van der Waals surface area contributed by atoms with Gasteiger partial charge < -0.3 is 10.3 Å². The molecule has 3 aromatic rings. The van der Waals surface area contributed by atoms with Gasteiger partial charge in [-0.1, -0.05) is 6.92 Å². The molecule has 5 nitrogen and oxygen atoms in total. The Hall–Kier alpha value is -2.17. The summed E-state index contributed by atoms with van der Waals surface area (Å²) in [6, 6.07) is 2.53. The topological polar surface area (TPSA) is 69.6 Å². The summed E-state index contributed by atoms with van der Waals surface area (Å²) in [6.07, 6.45) is 10.5.